The van der Waals surface area contributed by atoms with Crippen molar-refractivity contribution >= 4 is 0 Å². The van der Waals surface area contributed by atoms with Gasteiger partial charge in [-0.1, -0.05) is 0 Å². The third-order valence-corrected chi connectivity index (χ3v) is 2.40. The number of nitrogens with two attached hydrogens (primary N) is 1. The number of hydrogen-bond donors (Lipinski definition) is 3. The van der Waals surface area contributed by atoms with Gasteiger partial charge >= 0.3 is 0 Å². The highest BCUT2D eigenvalue weighted by Crippen LogP contribution is 2.31. The summed E-state index contributed by atoms with van der Waals surface area (Å²) in [5.74, 6) is 0.696. The van der Waals surface area contributed by atoms with Gasteiger partial charge in [0.15, 0.2) is 0 Å². The van der Waals surface area contributed by atoms with Gasteiger partial charge in [0.05, 0.1) is 13.2 Å². The van der Waals surface area contributed by atoms with E-state index in [1.165, 1.54) is 13.2 Å². The lowest BCUT2D eigenvalue weighted by Crippen LogP contribution is -2.07. The van der Waals surface area contributed by atoms with E-state index in [2.05, 4.69) is 0 Å². The van der Waals surface area contributed by atoms with E-state index in [-0.39, 0.29) is 5.75 Å². The molecule has 4 heteroatoms. The molecule has 84 valence electrons. The van der Waals surface area contributed by atoms with Crippen LogP contribution in [0.1, 0.15) is 23.7 Å². The fourth-order valence-corrected chi connectivity index (χ4v) is 1.42. The standard InChI is InChI=1S/C11H17NO3/c1-7-10(14)5-8(6-11(7)15-2)9(13)3-4-12/h5-6,9,13-14H,3-4,12H2,1-2H3. The number of benzene rings is 1. The summed E-state index contributed by atoms with van der Waals surface area (Å²) in [6.07, 6.45) is -0.193. The summed E-state index contributed by atoms with van der Waals surface area (Å²) < 4.78 is 5.09. The molecule has 0 radical (unpaired) electrons. The van der Waals surface area contributed by atoms with Gasteiger partial charge in [-0.25, -0.2) is 0 Å². The minimum absolute atomic E-state index is 0.125. The smallest absolute Gasteiger partial charge is 0.125 e. The van der Waals surface area contributed by atoms with Gasteiger partial charge in [-0.3, -0.25) is 0 Å². The Morgan fingerprint density at radius 3 is 2.67 bits per heavy atom. The lowest BCUT2D eigenvalue weighted by atomic mass is 10.0. The highest BCUT2D eigenvalue weighted by atomic mass is 16.5. The first-order valence-corrected chi connectivity index (χ1v) is 4.85. The average molecular weight is 211 g/mol. The minimum atomic E-state index is -0.657. The minimum Gasteiger partial charge on any atom is -0.508 e. The predicted octanol–water partition coefficient (Wildman–Crippen LogP) is 1.09. The molecule has 4 N–H and O–H groups in total. The molecule has 1 aromatic rings. The molecule has 0 aliphatic rings. The number of phenols is 1. The Morgan fingerprint density at radius 2 is 2.13 bits per heavy atom. The average Bonchev–Trinajstić information content (AvgIpc) is 2.22. The normalized spacial score (nSPS) is 12.5. The third kappa shape index (κ3) is 2.61. The van der Waals surface area contributed by atoms with Gasteiger partial charge in [0.25, 0.3) is 0 Å². The van der Waals surface area contributed by atoms with Crippen molar-refractivity contribution in [3.05, 3.63) is 23.3 Å². The number of phenolic OH excluding ortho intramolecular Hbond substituents is 1. The summed E-state index contributed by atoms with van der Waals surface area (Å²) in [7, 11) is 1.53. The zero-order valence-corrected chi connectivity index (χ0v) is 9.03. The Bertz CT molecular complexity index is 339. The van der Waals surface area contributed by atoms with Crippen LogP contribution < -0.4 is 10.5 Å². The third-order valence-electron chi connectivity index (χ3n) is 2.40. The zero-order valence-electron chi connectivity index (χ0n) is 9.03. The van der Waals surface area contributed by atoms with E-state index in [1.54, 1.807) is 13.0 Å². The second kappa shape index (κ2) is 5.00. The fourth-order valence-electron chi connectivity index (χ4n) is 1.42. The highest BCUT2D eigenvalue weighted by molar-refractivity contribution is 5.46. The zero-order chi connectivity index (χ0) is 11.4. The fraction of sp³-hybridized carbons (Fsp3) is 0.455. The molecule has 0 spiro atoms. The Kier molecular flexibility index (Phi) is 3.94. The monoisotopic (exact) mass is 211 g/mol. The lowest BCUT2D eigenvalue weighted by Gasteiger charge is -2.13. The number of aliphatic hydroxyl groups is 1. The van der Waals surface area contributed by atoms with Crippen molar-refractivity contribution in [1.82, 2.24) is 0 Å². The van der Waals surface area contributed by atoms with Crippen molar-refractivity contribution in [3.8, 4) is 11.5 Å². The largest absolute Gasteiger partial charge is 0.508 e. The molecule has 1 rings (SSSR count). The van der Waals surface area contributed by atoms with Crippen molar-refractivity contribution in [2.75, 3.05) is 13.7 Å². The number of aliphatic hydroxyl groups excluding tert-OH is 1. The molecule has 0 saturated carbocycles. The quantitative estimate of drug-likeness (QED) is 0.697. The van der Waals surface area contributed by atoms with Crippen LogP contribution in [0, 0.1) is 6.92 Å². The first-order chi connectivity index (χ1) is 7.10. The molecular formula is C11H17NO3. The van der Waals surface area contributed by atoms with Gasteiger partial charge in [-0.2, -0.15) is 0 Å². The number of methoxy groups -OCH3 is 1. The summed E-state index contributed by atoms with van der Waals surface area (Å²) in [5, 5.41) is 19.3. The second-order valence-electron chi connectivity index (χ2n) is 3.46. The highest BCUT2D eigenvalue weighted by Gasteiger charge is 2.12. The Hall–Kier alpha value is -1.26. The van der Waals surface area contributed by atoms with Gasteiger partial charge in [-0.15, -0.1) is 0 Å². The van der Waals surface area contributed by atoms with Crippen LogP contribution in [0.2, 0.25) is 0 Å². The van der Waals surface area contributed by atoms with Gasteiger partial charge in [0.2, 0.25) is 0 Å². The number of aromatic hydroxyl groups is 1. The maximum Gasteiger partial charge on any atom is 0.125 e. The van der Waals surface area contributed by atoms with E-state index in [0.717, 1.165) is 0 Å². The van der Waals surface area contributed by atoms with E-state index in [4.69, 9.17) is 10.5 Å². The molecule has 0 fully saturated rings. The van der Waals surface area contributed by atoms with Gasteiger partial charge < -0.3 is 20.7 Å². The van der Waals surface area contributed by atoms with Crippen molar-refractivity contribution in [2.45, 2.75) is 19.4 Å². The lowest BCUT2D eigenvalue weighted by molar-refractivity contribution is 0.169. The van der Waals surface area contributed by atoms with E-state index in [9.17, 15) is 10.2 Å². The van der Waals surface area contributed by atoms with Crippen LogP contribution >= 0.6 is 0 Å². The first-order valence-electron chi connectivity index (χ1n) is 4.85. The van der Waals surface area contributed by atoms with E-state index in [0.29, 0.717) is 29.8 Å². The van der Waals surface area contributed by atoms with Crippen molar-refractivity contribution in [2.24, 2.45) is 5.73 Å². The van der Waals surface area contributed by atoms with Crippen LogP contribution in [-0.4, -0.2) is 23.9 Å². The maximum absolute atomic E-state index is 9.71. The molecule has 0 heterocycles. The van der Waals surface area contributed by atoms with Crippen molar-refractivity contribution in [1.29, 1.82) is 0 Å². The van der Waals surface area contributed by atoms with E-state index in [1.807, 2.05) is 0 Å². The van der Waals surface area contributed by atoms with Crippen LogP contribution in [0.25, 0.3) is 0 Å². The van der Waals surface area contributed by atoms with Crippen molar-refractivity contribution in [3.63, 3.8) is 0 Å². The SMILES string of the molecule is COc1cc(C(O)CCN)cc(O)c1C. The number of hydrogen-bond acceptors (Lipinski definition) is 4. The summed E-state index contributed by atoms with van der Waals surface area (Å²) >= 11 is 0. The van der Waals surface area contributed by atoms with Crippen LogP contribution in [-0.2, 0) is 0 Å². The van der Waals surface area contributed by atoms with Gasteiger partial charge in [-0.05, 0) is 37.6 Å². The molecule has 0 amide bonds. The van der Waals surface area contributed by atoms with Crippen LogP contribution in [0.5, 0.6) is 11.5 Å². The van der Waals surface area contributed by atoms with Crippen LogP contribution in [0.15, 0.2) is 12.1 Å². The van der Waals surface area contributed by atoms with E-state index >= 15 is 0 Å². The number of rotatable bonds is 4. The Morgan fingerprint density at radius 1 is 1.47 bits per heavy atom. The summed E-state index contributed by atoms with van der Waals surface area (Å²) in [4.78, 5) is 0. The van der Waals surface area contributed by atoms with E-state index < -0.39 is 6.10 Å². The van der Waals surface area contributed by atoms with Crippen LogP contribution in [0.3, 0.4) is 0 Å². The Balaban J connectivity index is 3.05. The molecule has 0 bridgehead atoms. The summed E-state index contributed by atoms with van der Waals surface area (Å²) in [6, 6.07) is 3.26. The molecule has 4 nitrogen and oxygen atoms in total. The second-order valence-corrected chi connectivity index (χ2v) is 3.46. The molecular weight excluding hydrogens is 194 g/mol. The molecule has 1 atom stereocenters. The van der Waals surface area contributed by atoms with Crippen molar-refractivity contribution < 1.29 is 14.9 Å². The molecule has 1 unspecified atom stereocenters. The van der Waals surface area contributed by atoms with Gasteiger partial charge in [0.1, 0.15) is 11.5 Å². The molecule has 1 aromatic carbocycles. The molecule has 15 heavy (non-hydrogen) atoms. The number of ether oxygens (including phenoxy) is 1. The molecule has 0 aliphatic carbocycles. The molecule has 0 aliphatic heterocycles. The Labute approximate surface area is 89.3 Å². The van der Waals surface area contributed by atoms with Crippen LogP contribution in [0.4, 0.5) is 0 Å². The van der Waals surface area contributed by atoms with Gasteiger partial charge in [0, 0.05) is 5.56 Å². The first kappa shape index (κ1) is 11.8. The topological polar surface area (TPSA) is 75.7 Å². The molecule has 0 aromatic heterocycles. The molecule has 0 saturated heterocycles. The summed E-state index contributed by atoms with van der Waals surface area (Å²) in [5.41, 5.74) is 6.64. The maximum atomic E-state index is 9.71. The predicted molar refractivity (Wildman–Crippen MR) is 58.0 cm³/mol. The summed E-state index contributed by atoms with van der Waals surface area (Å²) in [6.45, 7) is 2.16.